The third-order valence-corrected chi connectivity index (χ3v) is 3.73. The van der Waals surface area contributed by atoms with Gasteiger partial charge in [0.15, 0.2) is 0 Å². The molecule has 0 aromatic carbocycles. The predicted molar refractivity (Wildman–Crippen MR) is 66.7 cm³/mol. The third kappa shape index (κ3) is 3.44. The van der Waals surface area contributed by atoms with Crippen LogP contribution in [-0.2, 0) is 4.74 Å². The van der Waals surface area contributed by atoms with E-state index in [0.717, 1.165) is 25.8 Å². The average Bonchev–Trinajstić information content (AvgIpc) is 3.09. The molecular formula is C13H26N2O. The number of ether oxygens (including phenoxy) is 1. The van der Waals surface area contributed by atoms with Crippen LogP contribution in [0, 0.1) is 0 Å². The molecule has 0 aromatic heterocycles. The molecule has 2 rings (SSSR count). The summed E-state index contributed by atoms with van der Waals surface area (Å²) in [5, 5.41) is 3.68. The smallest absolute Gasteiger partial charge is 0.0619 e. The minimum absolute atomic E-state index is 0.589. The molecule has 3 nitrogen and oxygen atoms in total. The maximum Gasteiger partial charge on any atom is 0.0619 e. The molecule has 1 N–H and O–H groups in total. The molecule has 1 saturated heterocycles. The molecule has 0 amide bonds. The number of rotatable bonds is 6. The summed E-state index contributed by atoms with van der Waals surface area (Å²) in [4.78, 5) is 2.64. The molecule has 0 bridgehead atoms. The summed E-state index contributed by atoms with van der Waals surface area (Å²) in [6, 6.07) is 2.13. The van der Waals surface area contributed by atoms with E-state index in [1.807, 2.05) is 0 Å². The summed E-state index contributed by atoms with van der Waals surface area (Å²) in [6.07, 6.45) is 5.36. The van der Waals surface area contributed by atoms with Crippen LogP contribution in [0.2, 0.25) is 0 Å². The van der Waals surface area contributed by atoms with E-state index in [9.17, 15) is 0 Å². The molecule has 1 aliphatic heterocycles. The monoisotopic (exact) mass is 226 g/mol. The van der Waals surface area contributed by atoms with Crippen molar-refractivity contribution in [3.63, 3.8) is 0 Å². The lowest BCUT2D eigenvalue weighted by atomic mass is 10.1. The summed E-state index contributed by atoms with van der Waals surface area (Å²) < 4.78 is 5.52. The fraction of sp³-hybridized carbons (Fsp3) is 1.00. The summed E-state index contributed by atoms with van der Waals surface area (Å²) in [7, 11) is 0. The summed E-state index contributed by atoms with van der Waals surface area (Å²) in [5.74, 6) is 0. The lowest BCUT2D eigenvalue weighted by Crippen LogP contribution is -2.52. The first-order valence-electron chi connectivity index (χ1n) is 6.88. The van der Waals surface area contributed by atoms with E-state index in [-0.39, 0.29) is 0 Å². The second kappa shape index (κ2) is 5.99. The van der Waals surface area contributed by atoms with Crippen LogP contribution in [0.4, 0.5) is 0 Å². The van der Waals surface area contributed by atoms with Gasteiger partial charge in [-0.05, 0) is 26.2 Å². The van der Waals surface area contributed by atoms with Crippen molar-refractivity contribution in [3.05, 3.63) is 0 Å². The first kappa shape index (κ1) is 12.3. The molecule has 3 heteroatoms. The van der Waals surface area contributed by atoms with Gasteiger partial charge in [0.25, 0.3) is 0 Å². The molecular weight excluding hydrogens is 200 g/mol. The molecule has 2 fully saturated rings. The fourth-order valence-electron chi connectivity index (χ4n) is 2.59. The van der Waals surface area contributed by atoms with Crippen LogP contribution in [0.1, 0.15) is 39.5 Å². The van der Waals surface area contributed by atoms with E-state index in [1.54, 1.807) is 0 Å². The predicted octanol–water partition coefficient (Wildman–Crippen LogP) is 1.63. The Bertz CT molecular complexity index is 206. The zero-order chi connectivity index (χ0) is 11.4. The van der Waals surface area contributed by atoms with E-state index in [1.165, 1.54) is 32.2 Å². The number of nitrogens with one attached hydrogen (secondary N) is 1. The Morgan fingerprint density at radius 3 is 2.88 bits per heavy atom. The number of morpholine rings is 1. The minimum Gasteiger partial charge on any atom is -0.379 e. The normalized spacial score (nSPS) is 29.2. The standard InChI is InChI=1S/C13H26N2O/c1-3-4-13(9-14-12-5-6-12)15-7-8-16-10-11(15)2/h11-14H,3-10H2,1-2H3. The van der Waals surface area contributed by atoms with E-state index < -0.39 is 0 Å². The van der Waals surface area contributed by atoms with Crippen LogP contribution in [0.5, 0.6) is 0 Å². The average molecular weight is 226 g/mol. The highest BCUT2D eigenvalue weighted by molar-refractivity contribution is 4.86. The van der Waals surface area contributed by atoms with Crippen molar-refractivity contribution in [1.29, 1.82) is 0 Å². The highest BCUT2D eigenvalue weighted by Gasteiger charge is 2.28. The zero-order valence-electron chi connectivity index (χ0n) is 10.7. The van der Waals surface area contributed by atoms with Crippen LogP contribution >= 0.6 is 0 Å². The van der Waals surface area contributed by atoms with Gasteiger partial charge in [-0.15, -0.1) is 0 Å². The Morgan fingerprint density at radius 1 is 1.44 bits per heavy atom. The Morgan fingerprint density at radius 2 is 2.25 bits per heavy atom. The second-order valence-corrected chi connectivity index (χ2v) is 5.29. The van der Waals surface area contributed by atoms with Crippen LogP contribution in [0.15, 0.2) is 0 Å². The van der Waals surface area contributed by atoms with Crippen molar-refractivity contribution in [2.45, 2.75) is 57.7 Å². The molecule has 1 saturated carbocycles. The first-order valence-corrected chi connectivity index (χ1v) is 6.88. The zero-order valence-corrected chi connectivity index (χ0v) is 10.7. The Hall–Kier alpha value is -0.120. The summed E-state index contributed by atoms with van der Waals surface area (Å²) in [5.41, 5.74) is 0. The van der Waals surface area contributed by atoms with Gasteiger partial charge in [-0.3, -0.25) is 4.90 Å². The molecule has 1 heterocycles. The van der Waals surface area contributed by atoms with Gasteiger partial charge in [-0.25, -0.2) is 0 Å². The van der Waals surface area contributed by atoms with Gasteiger partial charge >= 0.3 is 0 Å². The first-order chi connectivity index (χ1) is 7.81. The van der Waals surface area contributed by atoms with E-state index >= 15 is 0 Å². The minimum atomic E-state index is 0.589. The van der Waals surface area contributed by atoms with E-state index in [2.05, 4.69) is 24.1 Å². The van der Waals surface area contributed by atoms with Gasteiger partial charge in [0, 0.05) is 31.2 Å². The van der Waals surface area contributed by atoms with Crippen LogP contribution in [-0.4, -0.2) is 49.3 Å². The molecule has 16 heavy (non-hydrogen) atoms. The molecule has 0 radical (unpaired) electrons. The van der Waals surface area contributed by atoms with E-state index in [4.69, 9.17) is 4.74 Å². The highest BCUT2D eigenvalue weighted by atomic mass is 16.5. The van der Waals surface area contributed by atoms with Crippen molar-refractivity contribution in [2.75, 3.05) is 26.3 Å². The lowest BCUT2D eigenvalue weighted by Gasteiger charge is -2.39. The maximum absolute atomic E-state index is 5.52. The molecule has 94 valence electrons. The maximum atomic E-state index is 5.52. The second-order valence-electron chi connectivity index (χ2n) is 5.29. The largest absolute Gasteiger partial charge is 0.379 e. The van der Waals surface area contributed by atoms with Gasteiger partial charge in [-0.1, -0.05) is 13.3 Å². The Kier molecular flexibility index (Phi) is 4.62. The number of hydrogen-bond acceptors (Lipinski definition) is 3. The van der Waals surface area contributed by atoms with Gasteiger partial charge in [0.1, 0.15) is 0 Å². The fourth-order valence-corrected chi connectivity index (χ4v) is 2.59. The van der Waals surface area contributed by atoms with Crippen LogP contribution < -0.4 is 5.32 Å². The molecule has 0 aromatic rings. The molecule has 2 atom stereocenters. The van der Waals surface area contributed by atoms with E-state index in [0.29, 0.717) is 12.1 Å². The van der Waals surface area contributed by atoms with Crippen LogP contribution in [0.25, 0.3) is 0 Å². The van der Waals surface area contributed by atoms with Gasteiger partial charge < -0.3 is 10.1 Å². The third-order valence-electron chi connectivity index (χ3n) is 3.73. The van der Waals surface area contributed by atoms with Crippen molar-refractivity contribution in [2.24, 2.45) is 0 Å². The van der Waals surface area contributed by atoms with Crippen molar-refractivity contribution < 1.29 is 4.74 Å². The summed E-state index contributed by atoms with van der Waals surface area (Å²) >= 11 is 0. The Balaban J connectivity index is 1.82. The van der Waals surface area contributed by atoms with Gasteiger partial charge in [0.05, 0.1) is 13.2 Å². The topological polar surface area (TPSA) is 24.5 Å². The van der Waals surface area contributed by atoms with Gasteiger partial charge in [-0.2, -0.15) is 0 Å². The lowest BCUT2D eigenvalue weighted by molar-refractivity contribution is -0.0235. The van der Waals surface area contributed by atoms with Crippen molar-refractivity contribution >= 4 is 0 Å². The molecule has 2 unspecified atom stereocenters. The Labute approximate surface area is 99.5 Å². The summed E-state index contributed by atoms with van der Waals surface area (Å²) in [6.45, 7) is 8.67. The highest BCUT2D eigenvalue weighted by Crippen LogP contribution is 2.20. The molecule has 1 aliphatic carbocycles. The van der Waals surface area contributed by atoms with Gasteiger partial charge in [0.2, 0.25) is 0 Å². The molecule has 2 aliphatic rings. The van der Waals surface area contributed by atoms with Crippen molar-refractivity contribution in [1.82, 2.24) is 10.2 Å². The SMILES string of the molecule is CCCC(CNC1CC1)N1CCOCC1C. The molecule has 0 spiro atoms. The van der Waals surface area contributed by atoms with Crippen molar-refractivity contribution in [3.8, 4) is 0 Å². The number of hydrogen-bond donors (Lipinski definition) is 1. The number of nitrogens with zero attached hydrogens (tertiary/aromatic N) is 1. The van der Waals surface area contributed by atoms with Crippen LogP contribution in [0.3, 0.4) is 0 Å². The quantitative estimate of drug-likeness (QED) is 0.745.